The molecule has 0 radical (unpaired) electrons. The summed E-state index contributed by atoms with van der Waals surface area (Å²) >= 11 is 0. The minimum Gasteiger partial charge on any atom is -0.477 e. The number of nitrogens with zero attached hydrogens (tertiary/aromatic N) is 1. The highest BCUT2D eigenvalue weighted by molar-refractivity contribution is 5.72. The number of aliphatic carboxylic acids is 1. The Morgan fingerprint density at radius 2 is 1.10 bits per heavy atom. The van der Waals surface area contributed by atoms with Crippen LogP contribution < -0.4 is 0 Å². The van der Waals surface area contributed by atoms with Gasteiger partial charge in [0, 0.05) is 19.3 Å². The molecule has 8 heteroatoms. The van der Waals surface area contributed by atoms with Crippen LogP contribution in [-0.2, 0) is 28.6 Å². The maximum atomic E-state index is 12.6. The van der Waals surface area contributed by atoms with Crippen molar-refractivity contribution in [2.24, 2.45) is 0 Å². The van der Waals surface area contributed by atoms with Gasteiger partial charge in [-0.05, 0) is 70.6 Å². The molecule has 2 unspecified atom stereocenters. The van der Waals surface area contributed by atoms with Crippen molar-refractivity contribution in [3.05, 3.63) is 60.8 Å². The van der Waals surface area contributed by atoms with Gasteiger partial charge >= 0.3 is 17.9 Å². The number of allylic oxidation sites excluding steroid dienone is 10. The van der Waals surface area contributed by atoms with Gasteiger partial charge in [-0.3, -0.25) is 9.59 Å². The van der Waals surface area contributed by atoms with Crippen molar-refractivity contribution >= 4 is 17.9 Å². The largest absolute Gasteiger partial charge is 0.477 e. The third-order valence-corrected chi connectivity index (χ3v) is 8.40. The Bertz CT molecular complexity index is 1020. The van der Waals surface area contributed by atoms with Crippen LogP contribution >= 0.6 is 0 Å². The number of hydrogen-bond acceptors (Lipinski definition) is 6. The van der Waals surface area contributed by atoms with E-state index in [0.29, 0.717) is 19.3 Å². The van der Waals surface area contributed by atoms with E-state index < -0.39 is 18.1 Å². The zero-order valence-corrected chi connectivity index (χ0v) is 33.0. The van der Waals surface area contributed by atoms with Crippen LogP contribution in [0.4, 0.5) is 0 Å². The molecular weight excluding hydrogens is 642 g/mol. The molecule has 0 aliphatic rings. The van der Waals surface area contributed by atoms with Gasteiger partial charge in [0.25, 0.3) is 0 Å². The van der Waals surface area contributed by atoms with E-state index in [4.69, 9.17) is 14.2 Å². The molecule has 0 amide bonds. The van der Waals surface area contributed by atoms with E-state index in [-0.39, 0.29) is 36.2 Å². The Morgan fingerprint density at radius 3 is 1.67 bits per heavy atom. The van der Waals surface area contributed by atoms with Crippen molar-refractivity contribution in [1.82, 2.24) is 0 Å². The maximum absolute atomic E-state index is 12.6. The number of esters is 2. The Labute approximate surface area is 311 Å². The molecule has 0 fully saturated rings. The Kier molecular flexibility index (Phi) is 32.1. The van der Waals surface area contributed by atoms with Gasteiger partial charge < -0.3 is 23.8 Å². The molecule has 0 rings (SSSR count). The first kappa shape index (κ1) is 48.0. The van der Waals surface area contributed by atoms with Crippen molar-refractivity contribution in [2.75, 3.05) is 41.0 Å². The molecule has 0 bridgehead atoms. The predicted molar refractivity (Wildman–Crippen MR) is 211 cm³/mol. The summed E-state index contributed by atoms with van der Waals surface area (Å²) in [5, 5.41) is 9.58. The molecule has 1 N–H and O–H groups in total. The lowest BCUT2D eigenvalue weighted by atomic mass is 10.1. The second-order valence-electron chi connectivity index (χ2n) is 14.1. The molecule has 2 atom stereocenters. The quantitative estimate of drug-likeness (QED) is 0.0306. The number of hydrogen-bond donors (Lipinski definition) is 1. The summed E-state index contributed by atoms with van der Waals surface area (Å²) in [4.78, 5) is 36.8. The van der Waals surface area contributed by atoms with Gasteiger partial charge in [-0.1, -0.05) is 113 Å². The van der Waals surface area contributed by atoms with E-state index >= 15 is 0 Å². The summed E-state index contributed by atoms with van der Waals surface area (Å²) in [6, 6.07) is -0.621. The summed E-state index contributed by atoms with van der Waals surface area (Å²) in [5.41, 5.74) is 0. The Morgan fingerprint density at radius 1 is 0.608 bits per heavy atom. The van der Waals surface area contributed by atoms with Crippen molar-refractivity contribution in [2.45, 2.75) is 154 Å². The normalized spacial score (nSPS) is 13.7. The fourth-order valence-corrected chi connectivity index (χ4v) is 5.30. The minimum atomic E-state index is -0.884. The number of carboxylic acid groups (broad SMARTS) is 1. The molecule has 0 saturated heterocycles. The number of likely N-dealkylation sites (N-methyl/N-ethyl adjacent to an activating group) is 1. The van der Waals surface area contributed by atoms with Crippen LogP contribution in [0.25, 0.3) is 0 Å². The van der Waals surface area contributed by atoms with E-state index in [2.05, 4.69) is 74.6 Å². The topological polar surface area (TPSA) is 99.1 Å². The minimum absolute atomic E-state index is 0.0448. The van der Waals surface area contributed by atoms with E-state index in [0.717, 1.165) is 89.9 Å². The van der Waals surface area contributed by atoms with Crippen LogP contribution in [0, 0.1) is 0 Å². The summed E-state index contributed by atoms with van der Waals surface area (Å²) in [5.74, 6) is -1.53. The third kappa shape index (κ3) is 32.7. The summed E-state index contributed by atoms with van der Waals surface area (Å²) in [6.45, 7) is 4.51. The number of carboxylic acids is 1. The second kappa shape index (κ2) is 34.1. The summed E-state index contributed by atoms with van der Waals surface area (Å²) in [7, 11) is 5.50. The Hall–Kier alpha value is -2.97. The van der Waals surface area contributed by atoms with E-state index in [1.807, 2.05) is 21.1 Å². The molecule has 0 aromatic heterocycles. The molecule has 0 aliphatic heterocycles. The zero-order valence-electron chi connectivity index (χ0n) is 33.0. The lowest BCUT2D eigenvalue weighted by molar-refractivity contribution is -0.887. The number of carbonyl (C=O) groups excluding carboxylic acids is 2. The van der Waals surface area contributed by atoms with Gasteiger partial charge in [0.2, 0.25) is 0 Å². The molecule has 8 nitrogen and oxygen atoms in total. The SMILES string of the molecule is CC/C=C/C/C=C/C/C=C/C/C=C/CCCCCC(=O)OCC(COCCC(C(=O)O)[N+](C)(C)C)OC(=O)CCCCCCC/C=C/CCCC. The fourth-order valence-electron chi connectivity index (χ4n) is 5.30. The van der Waals surface area contributed by atoms with Crippen molar-refractivity contribution in [3.8, 4) is 0 Å². The zero-order chi connectivity index (χ0) is 37.8. The third-order valence-electron chi connectivity index (χ3n) is 8.40. The number of unbranched alkanes of at least 4 members (excludes halogenated alkanes) is 10. The highest BCUT2D eigenvalue weighted by Gasteiger charge is 2.31. The Balaban J connectivity index is 4.47. The summed E-state index contributed by atoms with van der Waals surface area (Å²) in [6.07, 6.45) is 39.8. The van der Waals surface area contributed by atoms with Crippen LogP contribution in [-0.4, -0.2) is 80.6 Å². The van der Waals surface area contributed by atoms with Crippen LogP contribution in [0.1, 0.15) is 142 Å². The molecular formula is C43H74NO7+. The maximum Gasteiger partial charge on any atom is 0.362 e. The first-order valence-electron chi connectivity index (χ1n) is 19.8. The molecule has 0 saturated carbocycles. The van der Waals surface area contributed by atoms with Gasteiger partial charge in [0.05, 0.1) is 34.4 Å². The average molecular weight is 717 g/mol. The number of ether oxygens (including phenoxy) is 3. The molecule has 292 valence electrons. The van der Waals surface area contributed by atoms with E-state index in [9.17, 15) is 19.5 Å². The lowest BCUT2D eigenvalue weighted by Crippen LogP contribution is -2.50. The van der Waals surface area contributed by atoms with Gasteiger partial charge in [0.1, 0.15) is 6.61 Å². The lowest BCUT2D eigenvalue weighted by Gasteiger charge is -2.31. The van der Waals surface area contributed by atoms with E-state index in [1.165, 1.54) is 19.3 Å². The standard InChI is InChI=1S/C43H73NO7/c1-6-8-10-12-14-16-18-19-20-21-22-24-25-27-29-31-33-41(45)50-38-39(37-49-36-35-40(43(47)48)44(3,4)5)51-42(46)34-32-30-28-26-23-17-15-13-11-9-7-2/h8,10,13-16,19-20,22,24,39-40H,6-7,9,11-12,17-18,21,23,25-38H2,1-5H3/p+1/b10-8+,15-13+,16-14+,20-19+,24-22+. The second-order valence-corrected chi connectivity index (χ2v) is 14.1. The van der Waals surface area contributed by atoms with Crippen LogP contribution in [0.3, 0.4) is 0 Å². The first-order valence-corrected chi connectivity index (χ1v) is 19.8. The number of carbonyl (C=O) groups is 3. The van der Waals surface area contributed by atoms with Crippen LogP contribution in [0.2, 0.25) is 0 Å². The van der Waals surface area contributed by atoms with Gasteiger partial charge in [-0.2, -0.15) is 0 Å². The van der Waals surface area contributed by atoms with Gasteiger partial charge in [0.15, 0.2) is 12.1 Å². The molecule has 0 aromatic rings. The van der Waals surface area contributed by atoms with Crippen molar-refractivity contribution in [1.29, 1.82) is 0 Å². The van der Waals surface area contributed by atoms with E-state index in [1.54, 1.807) is 0 Å². The number of rotatable bonds is 34. The molecule has 0 aromatic carbocycles. The predicted octanol–water partition coefficient (Wildman–Crippen LogP) is 10.2. The van der Waals surface area contributed by atoms with Gasteiger partial charge in [-0.25, -0.2) is 4.79 Å². The average Bonchev–Trinajstić information content (AvgIpc) is 3.08. The molecule has 0 aliphatic carbocycles. The molecule has 0 spiro atoms. The molecule has 0 heterocycles. The summed E-state index contributed by atoms with van der Waals surface area (Å²) < 4.78 is 17.2. The van der Waals surface area contributed by atoms with Gasteiger partial charge in [-0.15, -0.1) is 0 Å². The molecule has 51 heavy (non-hydrogen) atoms. The van der Waals surface area contributed by atoms with Crippen LogP contribution in [0.15, 0.2) is 60.8 Å². The number of quaternary nitrogens is 1. The van der Waals surface area contributed by atoms with Crippen molar-refractivity contribution < 1.29 is 38.2 Å². The van der Waals surface area contributed by atoms with Crippen LogP contribution in [0.5, 0.6) is 0 Å². The highest BCUT2D eigenvalue weighted by Crippen LogP contribution is 2.12. The fraction of sp³-hybridized carbons (Fsp3) is 0.698. The smallest absolute Gasteiger partial charge is 0.362 e. The first-order chi connectivity index (χ1) is 24.6. The monoisotopic (exact) mass is 717 g/mol. The van der Waals surface area contributed by atoms with Crippen molar-refractivity contribution in [3.63, 3.8) is 0 Å². The highest BCUT2D eigenvalue weighted by atomic mass is 16.6.